The van der Waals surface area contributed by atoms with Crippen LogP contribution in [0, 0.1) is 11.8 Å². The van der Waals surface area contributed by atoms with Gasteiger partial charge in [-0.1, -0.05) is 13.8 Å². The first-order valence-electron chi connectivity index (χ1n) is 6.53. The summed E-state index contributed by atoms with van der Waals surface area (Å²) in [7, 11) is 0. The van der Waals surface area contributed by atoms with Crippen LogP contribution in [0.15, 0.2) is 18.3 Å². The van der Waals surface area contributed by atoms with Crippen LogP contribution in [0.3, 0.4) is 0 Å². The minimum absolute atomic E-state index is 0.0338. The number of carbonyl (C=O) groups is 1. The van der Waals surface area contributed by atoms with Gasteiger partial charge in [0.05, 0.1) is 0 Å². The molecule has 4 nitrogen and oxygen atoms in total. The Morgan fingerprint density at radius 2 is 2.11 bits per heavy atom. The molecular formula is C14H20N2O2. The van der Waals surface area contributed by atoms with Crippen molar-refractivity contribution in [1.29, 1.82) is 0 Å². The highest BCUT2D eigenvalue weighted by Crippen LogP contribution is 2.26. The maximum atomic E-state index is 12.2. The number of carbonyl (C=O) groups excluding carboxylic acids is 1. The third kappa shape index (κ3) is 2.63. The molecule has 2 rings (SSSR count). The number of amides is 1. The van der Waals surface area contributed by atoms with Crippen LogP contribution < -0.4 is 0 Å². The van der Waals surface area contributed by atoms with E-state index in [9.17, 15) is 9.90 Å². The number of nitrogens with zero attached hydrogens (tertiary/aromatic N) is 2. The van der Waals surface area contributed by atoms with Crippen LogP contribution in [0.1, 0.15) is 37.2 Å². The van der Waals surface area contributed by atoms with E-state index in [1.807, 2.05) is 0 Å². The van der Waals surface area contributed by atoms with Gasteiger partial charge >= 0.3 is 0 Å². The predicted octanol–water partition coefficient (Wildman–Crippen LogP) is 2.30. The van der Waals surface area contributed by atoms with Crippen molar-refractivity contribution in [1.82, 2.24) is 9.88 Å². The number of aromatic hydroxyl groups is 1. The second-order valence-electron chi connectivity index (χ2n) is 5.24. The Morgan fingerprint density at radius 1 is 1.44 bits per heavy atom. The molecule has 1 amide bonds. The Morgan fingerprint density at radius 3 is 2.67 bits per heavy atom. The fourth-order valence-electron chi connectivity index (χ4n) is 2.48. The average molecular weight is 248 g/mol. The maximum absolute atomic E-state index is 12.2. The molecule has 4 heteroatoms. The molecule has 2 heterocycles. The minimum Gasteiger partial charge on any atom is -0.505 e. The fourth-order valence-corrected chi connectivity index (χ4v) is 2.48. The second kappa shape index (κ2) is 5.38. The first kappa shape index (κ1) is 12.9. The smallest absolute Gasteiger partial charge is 0.276 e. The zero-order chi connectivity index (χ0) is 13.1. The number of likely N-dealkylation sites (tertiary alicyclic amines) is 1. The molecule has 1 N–H and O–H groups in total. The lowest BCUT2D eigenvalue weighted by molar-refractivity contribution is 0.0658. The van der Waals surface area contributed by atoms with Crippen LogP contribution in [0.4, 0.5) is 0 Å². The van der Waals surface area contributed by atoms with Gasteiger partial charge in [0.2, 0.25) is 0 Å². The minimum atomic E-state index is -0.157. The molecule has 1 aliphatic rings. The van der Waals surface area contributed by atoms with E-state index >= 15 is 0 Å². The number of aromatic nitrogens is 1. The summed E-state index contributed by atoms with van der Waals surface area (Å²) in [6.07, 6.45) is 3.61. The molecule has 0 radical (unpaired) electrons. The number of hydrogen-bond acceptors (Lipinski definition) is 3. The van der Waals surface area contributed by atoms with Crippen LogP contribution in [0.25, 0.3) is 0 Å². The molecular weight excluding hydrogens is 228 g/mol. The van der Waals surface area contributed by atoms with Crippen LogP contribution in [0.2, 0.25) is 0 Å². The van der Waals surface area contributed by atoms with Gasteiger partial charge in [-0.2, -0.15) is 0 Å². The van der Waals surface area contributed by atoms with Crippen molar-refractivity contribution in [3.05, 3.63) is 24.0 Å². The van der Waals surface area contributed by atoms with Crippen molar-refractivity contribution in [3.8, 4) is 5.75 Å². The lowest BCUT2D eigenvalue weighted by Crippen LogP contribution is -2.39. The molecule has 0 unspecified atom stereocenters. The summed E-state index contributed by atoms with van der Waals surface area (Å²) in [5.41, 5.74) is 0.167. The SMILES string of the molecule is CC(C)C1CCN(C(=O)c2ncccc2O)CC1. The van der Waals surface area contributed by atoms with Gasteiger partial charge in [0.25, 0.3) is 5.91 Å². The number of pyridine rings is 1. The van der Waals surface area contributed by atoms with E-state index in [0.29, 0.717) is 11.8 Å². The van der Waals surface area contributed by atoms with Crippen LogP contribution >= 0.6 is 0 Å². The molecule has 0 saturated carbocycles. The van der Waals surface area contributed by atoms with Crippen molar-refractivity contribution in [2.45, 2.75) is 26.7 Å². The maximum Gasteiger partial charge on any atom is 0.276 e. The lowest BCUT2D eigenvalue weighted by Gasteiger charge is -2.33. The third-order valence-corrected chi connectivity index (χ3v) is 3.76. The molecule has 1 saturated heterocycles. The monoisotopic (exact) mass is 248 g/mol. The second-order valence-corrected chi connectivity index (χ2v) is 5.24. The normalized spacial score (nSPS) is 17.2. The van der Waals surface area contributed by atoms with Crippen LogP contribution in [0.5, 0.6) is 5.75 Å². The van der Waals surface area contributed by atoms with Crippen molar-refractivity contribution >= 4 is 5.91 Å². The largest absolute Gasteiger partial charge is 0.505 e. The van der Waals surface area contributed by atoms with Crippen molar-refractivity contribution in [3.63, 3.8) is 0 Å². The van der Waals surface area contributed by atoms with Gasteiger partial charge < -0.3 is 10.0 Å². The first-order chi connectivity index (χ1) is 8.59. The standard InChI is InChI=1S/C14H20N2O2/c1-10(2)11-5-8-16(9-6-11)14(18)13-12(17)4-3-7-15-13/h3-4,7,10-11,17H,5-6,8-9H2,1-2H3. The van der Waals surface area contributed by atoms with Crippen molar-refractivity contribution < 1.29 is 9.90 Å². The summed E-state index contributed by atoms with van der Waals surface area (Å²) in [6, 6.07) is 3.12. The Labute approximate surface area is 108 Å². The molecule has 1 fully saturated rings. The summed E-state index contributed by atoms with van der Waals surface area (Å²) in [6.45, 7) is 5.98. The molecule has 18 heavy (non-hydrogen) atoms. The van der Waals surface area contributed by atoms with E-state index in [-0.39, 0.29) is 17.4 Å². The van der Waals surface area contributed by atoms with Gasteiger partial charge in [-0.05, 0) is 36.8 Å². The van der Waals surface area contributed by atoms with Crippen LogP contribution in [-0.4, -0.2) is 34.0 Å². The average Bonchev–Trinajstić information content (AvgIpc) is 2.38. The Bertz CT molecular complexity index is 424. The lowest BCUT2D eigenvalue weighted by atomic mass is 9.86. The summed E-state index contributed by atoms with van der Waals surface area (Å²) in [4.78, 5) is 18.0. The Kier molecular flexibility index (Phi) is 3.84. The Hall–Kier alpha value is -1.58. The van der Waals surface area contributed by atoms with E-state index in [1.54, 1.807) is 11.0 Å². The summed E-state index contributed by atoms with van der Waals surface area (Å²) in [5.74, 6) is 1.18. The highest BCUT2D eigenvalue weighted by atomic mass is 16.3. The predicted molar refractivity (Wildman–Crippen MR) is 69.4 cm³/mol. The summed E-state index contributed by atoms with van der Waals surface area (Å²) in [5, 5.41) is 9.64. The molecule has 98 valence electrons. The molecule has 1 aromatic heterocycles. The highest BCUT2D eigenvalue weighted by molar-refractivity contribution is 5.94. The number of piperidine rings is 1. The number of hydrogen-bond donors (Lipinski definition) is 1. The van der Waals surface area contributed by atoms with Gasteiger partial charge in [0, 0.05) is 19.3 Å². The molecule has 0 aliphatic carbocycles. The molecule has 0 aromatic carbocycles. The molecule has 1 aliphatic heterocycles. The molecule has 1 aromatic rings. The van der Waals surface area contributed by atoms with E-state index in [1.165, 1.54) is 12.3 Å². The quantitative estimate of drug-likeness (QED) is 0.873. The summed E-state index contributed by atoms with van der Waals surface area (Å²) < 4.78 is 0. The molecule has 0 atom stereocenters. The van der Waals surface area contributed by atoms with Gasteiger partial charge in [-0.15, -0.1) is 0 Å². The van der Waals surface area contributed by atoms with Crippen molar-refractivity contribution in [2.24, 2.45) is 11.8 Å². The number of rotatable bonds is 2. The topological polar surface area (TPSA) is 53.4 Å². The van der Waals surface area contributed by atoms with E-state index in [4.69, 9.17) is 0 Å². The van der Waals surface area contributed by atoms with E-state index < -0.39 is 0 Å². The zero-order valence-electron chi connectivity index (χ0n) is 11.0. The fraction of sp³-hybridized carbons (Fsp3) is 0.571. The van der Waals surface area contributed by atoms with Gasteiger partial charge in [-0.3, -0.25) is 4.79 Å². The molecule has 0 spiro atoms. The summed E-state index contributed by atoms with van der Waals surface area (Å²) >= 11 is 0. The Balaban J connectivity index is 2.02. The van der Waals surface area contributed by atoms with E-state index in [0.717, 1.165) is 25.9 Å². The van der Waals surface area contributed by atoms with Crippen molar-refractivity contribution in [2.75, 3.05) is 13.1 Å². The zero-order valence-corrected chi connectivity index (χ0v) is 11.0. The van der Waals surface area contributed by atoms with Gasteiger partial charge in [0.15, 0.2) is 5.69 Å². The third-order valence-electron chi connectivity index (χ3n) is 3.76. The molecule has 0 bridgehead atoms. The first-order valence-corrected chi connectivity index (χ1v) is 6.53. The van der Waals surface area contributed by atoms with Crippen LogP contribution in [-0.2, 0) is 0 Å². The van der Waals surface area contributed by atoms with Gasteiger partial charge in [-0.25, -0.2) is 4.98 Å². The highest BCUT2D eigenvalue weighted by Gasteiger charge is 2.26. The van der Waals surface area contributed by atoms with E-state index in [2.05, 4.69) is 18.8 Å². The van der Waals surface area contributed by atoms with Gasteiger partial charge in [0.1, 0.15) is 5.75 Å².